The monoisotopic (exact) mass is 403 g/mol. The van der Waals surface area contributed by atoms with Crippen molar-refractivity contribution in [2.24, 2.45) is 4.99 Å². The smallest absolute Gasteiger partial charge is 0.191 e. The van der Waals surface area contributed by atoms with E-state index in [-0.39, 0.29) is 0 Å². The second kappa shape index (κ2) is 10.3. The van der Waals surface area contributed by atoms with Gasteiger partial charge in [-0.3, -0.25) is 9.89 Å². The van der Waals surface area contributed by atoms with Gasteiger partial charge in [-0.05, 0) is 36.1 Å². The summed E-state index contributed by atoms with van der Waals surface area (Å²) in [6.07, 6.45) is 6.73. The summed E-state index contributed by atoms with van der Waals surface area (Å²) in [6.45, 7) is 6.10. The Hall–Kier alpha value is -2.79. The van der Waals surface area contributed by atoms with E-state index in [1.54, 1.807) is 0 Å². The Morgan fingerprint density at radius 2 is 1.63 bits per heavy atom. The molecule has 2 N–H and O–H groups in total. The van der Waals surface area contributed by atoms with Crippen molar-refractivity contribution >= 4 is 11.6 Å². The lowest BCUT2D eigenvalue weighted by Gasteiger charge is -2.33. The number of aliphatic imine (C=N–C) groups is 1. The lowest BCUT2D eigenvalue weighted by molar-refractivity contribution is 0.198. The van der Waals surface area contributed by atoms with Crippen molar-refractivity contribution in [3.05, 3.63) is 77.9 Å². The quantitative estimate of drug-likeness (QED) is 0.441. The molecule has 0 spiro atoms. The van der Waals surface area contributed by atoms with Crippen molar-refractivity contribution in [3.63, 3.8) is 0 Å². The van der Waals surface area contributed by atoms with Crippen LogP contribution in [0.15, 0.2) is 71.7 Å². The third kappa shape index (κ3) is 5.63. The number of benzene rings is 2. The van der Waals surface area contributed by atoms with Gasteiger partial charge in [0.05, 0.1) is 0 Å². The minimum Gasteiger partial charge on any atom is -0.364 e. The topological polar surface area (TPSA) is 42.9 Å². The van der Waals surface area contributed by atoms with Crippen molar-refractivity contribution in [1.82, 2.24) is 15.5 Å². The van der Waals surface area contributed by atoms with Crippen LogP contribution in [0, 0.1) is 0 Å². The molecule has 2 aliphatic rings. The van der Waals surface area contributed by atoms with E-state index in [4.69, 9.17) is 0 Å². The molecule has 2 aromatic rings. The van der Waals surface area contributed by atoms with Gasteiger partial charge in [0.1, 0.15) is 0 Å². The second-order valence-electron chi connectivity index (χ2n) is 8.15. The lowest BCUT2D eigenvalue weighted by Crippen LogP contribution is -2.48. The van der Waals surface area contributed by atoms with E-state index in [0.717, 1.165) is 58.1 Å². The molecule has 30 heavy (non-hydrogen) atoms. The molecule has 4 rings (SSSR count). The van der Waals surface area contributed by atoms with Crippen LogP contribution in [0.25, 0.3) is 0 Å². The maximum Gasteiger partial charge on any atom is 0.191 e. The number of nitrogens with one attached hydrogen (secondary N) is 2. The van der Waals surface area contributed by atoms with Crippen LogP contribution in [0.4, 0.5) is 5.69 Å². The Kier molecular flexibility index (Phi) is 7.03. The molecule has 2 aliphatic heterocycles. The minimum atomic E-state index is 0.480. The molecule has 0 unspecified atom stereocenters. The summed E-state index contributed by atoms with van der Waals surface area (Å²) in [5, 5.41) is 7.08. The molecular formula is C25H33N5. The van der Waals surface area contributed by atoms with Crippen molar-refractivity contribution < 1.29 is 0 Å². The van der Waals surface area contributed by atoms with Gasteiger partial charge in [0.25, 0.3) is 0 Å². The highest BCUT2D eigenvalue weighted by Gasteiger charge is 2.20. The molecule has 1 saturated heterocycles. The first kappa shape index (κ1) is 20.5. The van der Waals surface area contributed by atoms with E-state index in [9.17, 15) is 0 Å². The fraction of sp³-hybridized carbons (Fsp3) is 0.400. The van der Waals surface area contributed by atoms with Gasteiger partial charge < -0.3 is 15.5 Å². The van der Waals surface area contributed by atoms with Gasteiger partial charge >= 0.3 is 0 Å². The van der Waals surface area contributed by atoms with Gasteiger partial charge in [-0.1, -0.05) is 54.6 Å². The number of guanidine groups is 1. The summed E-state index contributed by atoms with van der Waals surface area (Å²) in [5.74, 6) is 0.893. The largest absolute Gasteiger partial charge is 0.364 e. The minimum absolute atomic E-state index is 0.480. The highest BCUT2D eigenvalue weighted by molar-refractivity contribution is 5.80. The Morgan fingerprint density at radius 3 is 2.30 bits per heavy atom. The third-order valence-electron chi connectivity index (χ3n) is 5.98. The normalized spacial score (nSPS) is 18.0. The molecular weight excluding hydrogens is 370 g/mol. The zero-order chi connectivity index (χ0) is 20.6. The first-order valence-corrected chi connectivity index (χ1v) is 11.0. The molecule has 0 aromatic heterocycles. The van der Waals surface area contributed by atoms with Gasteiger partial charge in [0.2, 0.25) is 0 Å². The first-order chi connectivity index (χ1) is 14.8. The third-order valence-corrected chi connectivity index (χ3v) is 5.98. The predicted octanol–water partition coefficient (Wildman–Crippen LogP) is 3.39. The molecule has 5 heteroatoms. The Morgan fingerprint density at radius 1 is 0.933 bits per heavy atom. The molecule has 0 radical (unpaired) electrons. The SMILES string of the molecule is CN=C(NCc1ccc(N2CC=CC2)cc1)NC1CCN(Cc2ccccc2)CC1. The van der Waals surface area contributed by atoms with Crippen molar-refractivity contribution in [3.8, 4) is 0 Å². The van der Waals surface area contributed by atoms with E-state index in [2.05, 4.69) is 92.2 Å². The molecule has 0 bridgehead atoms. The van der Waals surface area contributed by atoms with Crippen molar-refractivity contribution in [2.45, 2.75) is 32.0 Å². The molecule has 158 valence electrons. The zero-order valence-electron chi connectivity index (χ0n) is 17.9. The van der Waals surface area contributed by atoms with Crippen molar-refractivity contribution in [1.29, 1.82) is 0 Å². The summed E-state index contributed by atoms with van der Waals surface area (Å²) >= 11 is 0. The molecule has 0 atom stereocenters. The maximum atomic E-state index is 4.43. The average Bonchev–Trinajstić information content (AvgIpc) is 3.34. The van der Waals surface area contributed by atoms with Gasteiger partial charge in [0, 0.05) is 58.0 Å². The molecule has 0 amide bonds. The second-order valence-corrected chi connectivity index (χ2v) is 8.15. The van der Waals surface area contributed by atoms with E-state index < -0.39 is 0 Å². The van der Waals surface area contributed by atoms with Crippen LogP contribution in [-0.4, -0.2) is 50.1 Å². The summed E-state index contributed by atoms with van der Waals surface area (Å²) in [5.41, 5.74) is 3.95. The van der Waals surface area contributed by atoms with E-state index in [1.165, 1.54) is 16.8 Å². The number of hydrogen-bond acceptors (Lipinski definition) is 3. The standard InChI is InChI=1S/C25H33N5/c1-26-25(27-19-21-9-11-24(12-10-21)30-15-5-6-16-30)28-23-13-17-29(18-14-23)20-22-7-3-2-4-8-22/h2-12,23H,13-20H2,1H3,(H2,26,27,28). The zero-order valence-corrected chi connectivity index (χ0v) is 17.9. The molecule has 0 aliphatic carbocycles. The van der Waals surface area contributed by atoms with Gasteiger partial charge in [0.15, 0.2) is 5.96 Å². The fourth-order valence-electron chi connectivity index (χ4n) is 4.16. The molecule has 1 fully saturated rings. The van der Waals surface area contributed by atoms with E-state index >= 15 is 0 Å². The number of anilines is 1. The number of hydrogen-bond donors (Lipinski definition) is 2. The number of piperidine rings is 1. The van der Waals surface area contributed by atoms with Crippen LogP contribution >= 0.6 is 0 Å². The lowest BCUT2D eigenvalue weighted by atomic mass is 10.0. The predicted molar refractivity (Wildman–Crippen MR) is 126 cm³/mol. The highest BCUT2D eigenvalue weighted by atomic mass is 15.2. The van der Waals surface area contributed by atoms with Gasteiger partial charge in [-0.15, -0.1) is 0 Å². The van der Waals surface area contributed by atoms with Crippen LogP contribution in [0.2, 0.25) is 0 Å². The Balaban J connectivity index is 1.20. The van der Waals surface area contributed by atoms with Crippen molar-refractivity contribution in [2.75, 3.05) is 38.1 Å². The van der Waals surface area contributed by atoms with Crippen LogP contribution in [0.5, 0.6) is 0 Å². The summed E-state index contributed by atoms with van der Waals surface area (Å²) in [4.78, 5) is 9.33. The van der Waals surface area contributed by atoms with Crippen LogP contribution in [0.1, 0.15) is 24.0 Å². The Labute approximate surface area is 180 Å². The fourth-order valence-corrected chi connectivity index (χ4v) is 4.16. The molecule has 2 aromatic carbocycles. The van der Waals surface area contributed by atoms with Crippen LogP contribution in [0.3, 0.4) is 0 Å². The molecule has 5 nitrogen and oxygen atoms in total. The van der Waals surface area contributed by atoms with Crippen LogP contribution in [-0.2, 0) is 13.1 Å². The van der Waals surface area contributed by atoms with E-state index in [0.29, 0.717) is 6.04 Å². The highest BCUT2D eigenvalue weighted by Crippen LogP contribution is 2.18. The van der Waals surface area contributed by atoms with Gasteiger partial charge in [-0.25, -0.2) is 0 Å². The molecule has 2 heterocycles. The first-order valence-electron chi connectivity index (χ1n) is 11.0. The Bertz CT molecular complexity index is 828. The van der Waals surface area contributed by atoms with Gasteiger partial charge in [-0.2, -0.15) is 0 Å². The molecule has 0 saturated carbocycles. The number of likely N-dealkylation sites (tertiary alicyclic amines) is 1. The summed E-state index contributed by atoms with van der Waals surface area (Å²) < 4.78 is 0. The van der Waals surface area contributed by atoms with E-state index in [1.807, 2.05) is 7.05 Å². The average molecular weight is 404 g/mol. The summed E-state index contributed by atoms with van der Waals surface area (Å²) in [7, 11) is 1.85. The number of nitrogens with zero attached hydrogens (tertiary/aromatic N) is 3. The van der Waals surface area contributed by atoms with Crippen LogP contribution < -0.4 is 15.5 Å². The maximum absolute atomic E-state index is 4.43. The summed E-state index contributed by atoms with van der Waals surface area (Å²) in [6, 6.07) is 20.1. The number of rotatable bonds is 6.